The van der Waals surface area contributed by atoms with Crippen molar-refractivity contribution in [2.24, 2.45) is 0 Å². The molecule has 1 atom stereocenters. The molecule has 1 unspecified atom stereocenters. The van der Waals surface area contributed by atoms with E-state index in [4.69, 9.17) is 11.6 Å². The third-order valence-electron chi connectivity index (χ3n) is 3.93. The van der Waals surface area contributed by atoms with Crippen molar-refractivity contribution >= 4 is 23.4 Å². The van der Waals surface area contributed by atoms with Gasteiger partial charge in [-0.2, -0.15) is 0 Å². The second-order valence-corrected chi connectivity index (χ2v) is 6.26. The molecule has 5 heteroatoms. The molecule has 0 aromatic heterocycles. The van der Waals surface area contributed by atoms with Crippen molar-refractivity contribution in [3.05, 3.63) is 69.7 Å². The second kappa shape index (κ2) is 7.97. The molecule has 0 bridgehead atoms. The van der Waals surface area contributed by atoms with Crippen LogP contribution in [-0.4, -0.2) is 18.4 Å². The molecule has 0 aliphatic heterocycles. The molecule has 0 spiro atoms. The number of benzene rings is 2. The van der Waals surface area contributed by atoms with Crippen molar-refractivity contribution < 1.29 is 9.59 Å². The van der Waals surface area contributed by atoms with Crippen molar-refractivity contribution in [2.45, 2.75) is 26.8 Å². The Morgan fingerprint density at radius 2 is 1.71 bits per heavy atom. The summed E-state index contributed by atoms with van der Waals surface area (Å²) in [6, 6.07) is 12.6. The fourth-order valence-electron chi connectivity index (χ4n) is 2.27. The van der Waals surface area contributed by atoms with Crippen molar-refractivity contribution in [1.29, 1.82) is 0 Å². The summed E-state index contributed by atoms with van der Waals surface area (Å²) in [7, 11) is 0. The maximum Gasteiger partial charge on any atom is 0.251 e. The summed E-state index contributed by atoms with van der Waals surface area (Å²) in [5.41, 5.74) is 3.68. The molecule has 0 aliphatic rings. The predicted octanol–water partition coefficient (Wildman–Crippen LogP) is 3.56. The number of carbonyl (C=O) groups is 2. The molecule has 0 saturated heterocycles. The van der Waals surface area contributed by atoms with E-state index in [9.17, 15) is 9.59 Å². The largest absolute Gasteiger partial charge is 0.348 e. The van der Waals surface area contributed by atoms with Crippen LogP contribution in [0.1, 0.15) is 40.0 Å². The molecule has 0 aliphatic carbocycles. The number of hydrogen-bond acceptors (Lipinski definition) is 2. The van der Waals surface area contributed by atoms with Crippen molar-refractivity contribution in [3.8, 4) is 0 Å². The van der Waals surface area contributed by atoms with E-state index in [-0.39, 0.29) is 24.4 Å². The van der Waals surface area contributed by atoms with Gasteiger partial charge >= 0.3 is 0 Å². The van der Waals surface area contributed by atoms with Crippen LogP contribution >= 0.6 is 11.6 Å². The summed E-state index contributed by atoms with van der Waals surface area (Å²) in [6.45, 7) is 5.76. The Labute approximate surface area is 147 Å². The van der Waals surface area contributed by atoms with Crippen LogP contribution in [0.25, 0.3) is 0 Å². The van der Waals surface area contributed by atoms with Crippen LogP contribution in [0.15, 0.2) is 42.5 Å². The Kier molecular flexibility index (Phi) is 5.99. The minimum absolute atomic E-state index is 0.0658. The van der Waals surface area contributed by atoms with Gasteiger partial charge in [0, 0.05) is 10.6 Å². The Hall–Kier alpha value is -2.33. The van der Waals surface area contributed by atoms with Crippen molar-refractivity contribution in [2.75, 3.05) is 6.54 Å². The van der Waals surface area contributed by atoms with Gasteiger partial charge in [0.2, 0.25) is 5.91 Å². The first-order chi connectivity index (χ1) is 11.4. The minimum atomic E-state index is -0.257. The summed E-state index contributed by atoms with van der Waals surface area (Å²) in [5.74, 6) is -0.498. The van der Waals surface area contributed by atoms with E-state index in [0.717, 1.165) is 16.7 Å². The van der Waals surface area contributed by atoms with Crippen LogP contribution in [0.5, 0.6) is 0 Å². The predicted molar refractivity (Wildman–Crippen MR) is 96.3 cm³/mol. The topological polar surface area (TPSA) is 58.2 Å². The smallest absolute Gasteiger partial charge is 0.251 e. The first-order valence-corrected chi connectivity index (χ1v) is 8.15. The fraction of sp³-hybridized carbons (Fsp3) is 0.263. The van der Waals surface area contributed by atoms with Gasteiger partial charge in [-0.25, -0.2) is 0 Å². The highest BCUT2D eigenvalue weighted by Gasteiger charge is 2.12. The molecule has 24 heavy (non-hydrogen) atoms. The molecule has 2 amide bonds. The Balaban J connectivity index is 1.87. The van der Waals surface area contributed by atoms with Crippen LogP contribution in [0.4, 0.5) is 0 Å². The molecule has 0 heterocycles. The van der Waals surface area contributed by atoms with Crippen LogP contribution in [-0.2, 0) is 4.79 Å². The summed E-state index contributed by atoms with van der Waals surface area (Å²) in [6.07, 6.45) is 0. The van der Waals surface area contributed by atoms with Gasteiger partial charge < -0.3 is 10.6 Å². The van der Waals surface area contributed by atoms with E-state index in [2.05, 4.69) is 10.6 Å². The molecule has 4 nitrogen and oxygen atoms in total. The Bertz CT molecular complexity index is 742. The first-order valence-electron chi connectivity index (χ1n) is 7.77. The van der Waals surface area contributed by atoms with Crippen molar-refractivity contribution in [1.82, 2.24) is 10.6 Å². The molecule has 0 fully saturated rings. The van der Waals surface area contributed by atoms with E-state index in [0.29, 0.717) is 10.6 Å². The highest BCUT2D eigenvalue weighted by atomic mass is 35.5. The lowest BCUT2D eigenvalue weighted by Crippen LogP contribution is -2.38. The van der Waals surface area contributed by atoms with Crippen LogP contribution < -0.4 is 10.6 Å². The third kappa shape index (κ3) is 4.83. The highest BCUT2D eigenvalue weighted by molar-refractivity contribution is 6.30. The van der Waals surface area contributed by atoms with Gasteiger partial charge in [0.15, 0.2) is 0 Å². The lowest BCUT2D eigenvalue weighted by Gasteiger charge is -2.15. The monoisotopic (exact) mass is 344 g/mol. The zero-order valence-corrected chi connectivity index (χ0v) is 14.8. The number of hydrogen-bond donors (Lipinski definition) is 2. The molecule has 0 saturated carbocycles. The minimum Gasteiger partial charge on any atom is -0.348 e. The van der Waals surface area contributed by atoms with E-state index >= 15 is 0 Å². The van der Waals surface area contributed by atoms with Gasteiger partial charge in [0.25, 0.3) is 5.91 Å². The van der Waals surface area contributed by atoms with Crippen molar-refractivity contribution in [3.63, 3.8) is 0 Å². The van der Waals surface area contributed by atoms with Gasteiger partial charge in [-0.15, -0.1) is 0 Å². The maximum atomic E-state index is 12.1. The summed E-state index contributed by atoms with van der Waals surface area (Å²) >= 11 is 5.85. The third-order valence-corrected chi connectivity index (χ3v) is 4.18. The number of aryl methyl sites for hydroxylation is 2. The average molecular weight is 345 g/mol. The second-order valence-electron chi connectivity index (χ2n) is 5.82. The van der Waals surface area contributed by atoms with Crippen LogP contribution in [0, 0.1) is 13.8 Å². The van der Waals surface area contributed by atoms with E-state index in [1.807, 2.05) is 45.0 Å². The molecule has 2 rings (SSSR count). The molecular weight excluding hydrogens is 324 g/mol. The standard InChI is InChI=1S/C19H21ClN2O2/c1-12-4-5-16(10-13(12)2)19(24)21-11-18(23)22-14(3)15-6-8-17(20)9-7-15/h4-10,14H,11H2,1-3H3,(H,21,24)(H,22,23). The quantitative estimate of drug-likeness (QED) is 0.871. The molecule has 2 N–H and O–H groups in total. The normalized spacial score (nSPS) is 11.7. The van der Waals surface area contributed by atoms with Gasteiger partial charge in [0.05, 0.1) is 12.6 Å². The molecule has 2 aromatic carbocycles. The lowest BCUT2D eigenvalue weighted by molar-refractivity contribution is -0.120. The lowest BCUT2D eigenvalue weighted by atomic mass is 10.1. The number of carbonyl (C=O) groups excluding carboxylic acids is 2. The van der Waals surface area contributed by atoms with E-state index < -0.39 is 0 Å². The Morgan fingerprint density at radius 3 is 2.33 bits per heavy atom. The zero-order valence-electron chi connectivity index (χ0n) is 14.0. The number of amides is 2. The Morgan fingerprint density at radius 1 is 1.04 bits per heavy atom. The first kappa shape index (κ1) is 18.0. The van der Waals surface area contributed by atoms with Crippen LogP contribution in [0.3, 0.4) is 0 Å². The zero-order chi connectivity index (χ0) is 17.7. The summed E-state index contributed by atoms with van der Waals surface area (Å²) in [4.78, 5) is 24.1. The number of halogens is 1. The summed E-state index contributed by atoms with van der Waals surface area (Å²) in [5, 5.41) is 6.14. The summed E-state index contributed by atoms with van der Waals surface area (Å²) < 4.78 is 0. The fourth-order valence-corrected chi connectivity index (χ4v) is 2.40. The molecule has 126 valence electrons. The van der Waals surface area contributed by atoms with E-state index in [1.165, 1.54) is 0 Å². The number of nitrogens with one attached hydrogen (secondary N) is 2. The van der Waals surface area contributed by atoms with Gasteiger partial charge in [-0.3, -0.25) is 9.59 Å². The number of rotatable bonds is 5. The SMILES string of the molecule is Cc1ccc(C(=O)NCC(=O)NC(C)c2ccc(Cl)cc2)cc1C. The van der Waals surface area contributed by atoms with Crippen LogP contribution in [0.2, 0.25) is 5.02 Å². The molecule has 0 radical (unpaired) electrons. The van der Waals surface area contributed by atoms with Gasteiger partial charge in [-0.05, 0) is 61.7 Å². The highest BCUT2D eigenvalue weighted by Crippen LogP contribution is 2.15. The molecule has 2 aromatic rings. The molecular formula is C19H21ClN2O2. The van der Waals surface area contributed by atoms with Gasteiger partial charge in [-0.1, -0.05) is 29.8 Å². The average Bonchev–Trinajstić information content (AvgIpc) is 2.55. The van der Waals surface area contributed by atoms with Gasteiger partial charge in [0.1, 0.15) is 0 Å². The van der Waals surface area contributed by atoms with E-state index in [1.54, 1.807) is 18.2 Å². The maximum absolute atomic E-state index is 12.1.